The van der Waals surface area contributed by atoms with Gasteiger partial charge in [-0.3, -0.25) is 4.98 Å². The van der Waals surface area contributed by atoms with Crippen LogP contribution in [0.5, 0.6) is 0 Å². The molecule has 1 aromatic heterocycles. The quantitative estimate of drug-likeness (QED) is 0.154. The van der Waals surface area contributed by atoms with Crippen LogP contribution in [-0.2, 0) is 6.42 Å². The predicted octanol–water partition coefficient (Wildman–Crippen LogP) is 9.32. The van der Waals surface area contributed by atoms with Crippen LogP contribution < -0.4 is 4.90 Å². The molecule has 2 unspecified atom stereocenters. The van der Waals surface area contributed by atoms with Crippen LogP contribution in [0.4, 0.5) is 5.69 Å². The van der Waals surface area contributed by atoms with Crippen LogP contribution >= 0.6 is 11.6 Å². The maximum Gasteiger partial charge on any atom is 0.337 e. The third-order valence-corrected chi connectivity index (χ3v) is 10.6. The number of para-hydroxylation sites is 1. The molecule has 0 saturated carbocycles. The Morgan fingerprint density at radius 2 is 1.53 bits per heavy atom. The summed E-state index contributed by atoms with van der Waals surface area (Å²) >= 11 is 7.39. The summed E-state index contributed by atoms with van der Waals surface area (Å²) in [7, 11) is 2.21. The first kappa shape index (κ1) is 31.2. The summed E-state index contributed by atoms with van der Waals surface area (Å²) in [6.07, 6.45) is 2.62. The van der Waals surface area contributed by atoms with Crippen molar-refractivity contribution in [2.24, 2.45) is 5.41 Å². The normalized spacial score (nSPS) is 19.3. The van der Waals surface area contributed by atoms with E-state index in [1.165, 1.54) is 43.9 Å². The number of pyridine rings is 1. The number of rotatable bonds is 3. The number of halogens is 1. The van der Waals surface area contributed by atoms with Crippen molar-refractivity contribution in [1.82, 2.24) is 9.88 Å². The summed E-state index contributed by atoms with van der Waals surface area (Å²) in [5.41, 5.74) is 6.28. The summed E-state index contributed by atoms with van der Waals surface area (Å²) < 4.78 is 0. The van der Waals surface area contributed by atoms with Gasteiger partial charge in [0.05, 0.1) is 16.5 Å². The number of piperazine rings is 1. The van der Waals surface area contributed by atoms with Gasteiger partial charge in [-0.2, -0.15) is 0 Å². The van der Waals surface area contributed by atoms with Gasteiger partial charge in [-0.15, -0.1) is 11.6 Å². The van der Waals surface area contributed by atoms with Gasteiger partial charge in [-0.05, 0) is 81.4 Å². The second-order valence-corrected chi connectivity index (χ2v) is 14.1. The van der Waals surface area contributed by atoms with E-state index in [4.69, 9.17) is 16.7 Å². The molecule has 5 nitrogen and oxygen atoms in total. The van der Waals surface area contributed by atoms with Crippen molar-refractivity contribution in [3.63, 3.8) is 0 Å². The number of carboxylic acids is 1. The molecule has 1 N–H and O–H groups in total. The van der Waals surface area contributed by atoms with Gasteiger partial charge in [0.2, 0.25) is 0 Å². The minimum atomic E-state index is -0.940. The van der Waals surface area contributed by atoms with Gasteiger partial charge in [-0.1, -0.05) is 92.7 Å². The van der Waals surface area contributed by atoms with Crippen molar-refractivity contribution < 1.29 is 9.90 Å². The number of aromatic carboxylic acids is 1. The van der Waals surface area contributed by atoms with Crippen LogP contribution in [0.15, 0.2) is 109 Å². The number of aromatic nitrogens is 1. The van der Waals surface area contributed by atoms with Gasteiger partial charge in [0, 0.05) is 49.4 Å². The first-order valence-electron chi connectivity index (χ1n) is 16.4. The molecule has 6 heteroatoms. The van der Waals surface area contributed by atoms with Crippen LogP contribution in [0.2, 0.25) is 0 Å². The standard InChI is InChI=1S/C31H33ClN2.C10H7NO2/c1-31(2)20-28-26-12-11-21-7-4-5-10-24(21)25(26)13-14-27(28)30(32)29(31)22-8-6-9-23(19-22)34-17-15-33(3)16-18-34;12-10(13)8-5-1-3-7-4-2-6-11-9(7)8/h4-14,19,29-30H,15-18,20H2,1-3H3;1-6H,(H,12,13). The number of carboxylic acid groups (broad SMARTS) is 1. The van der Waals surface area contributed by atoms with E-state index in [-0.39, 0.29) is 22.3 Å². The largest absolute Gasteiger partial charge is 0.478 e. The molecule has 1 fully saturated rings. The van der Waals surface area contributed by atoms with Gasteiger partial charge in [-0.25, -0.2) is 4.79 Å². The van der Waals surface area contributed by atoms with E-state index in [9.17, 15) is 4.79 Å². The molecule has 238 valence electrons. The summed E-state index contributed by atoms with van der Waals surface area (Å²) in [6.45, 7) is 9.21. The number of anilines is 1. The molecule has 0 bridgehead atoms. The van der Waals surface area contributed by atoms with Gasteiger partial charge in [0.15, 0.2) is 0 Å². The number of hydrogen-bond acceptors (Lipinski definition) is 4. The zero-order chi connectivity index (χ0) is 32.7. The lowest BCUT2D eigenvalue weighted by Crippen LogP contribution is -2.44. The highest BCUT2D eigenvalue weighted by atomic mass is 35.5. The molecular weight excluding hydrogens is 602 g/mol. The molecule has 0 radical (unpaired) electrons. The first-order valence-corrected chi connectivity index (χ1v) is 16.8. The van der Waals surface area contributed by atoms with Gasteiger partial charge in [0.1, 0.15) is 0 Å². The Morgan fingerprint density at radius 1 is 0.809 bits per heavy atom. The van der Waals surface area contributed by atoms with Crippen LogP contribution in [0.3, 0.4) is 0 Å². The Morgan fingerprint density at radius 3 is 2.34 bits per heavy atom. The maximum absolute atomic E-state index is 10.8. The molecular formula is C41H40ClN3O2. The van der Waals surface area contributed by atoms with Gasteiger partial charge >= 0.3 is 5.97 Å². The Hall–Kier alpha value is -4.45. The number of alkyl halides is 1. The Bertz CT molecular complexity index is 2100. The van der Waals surface area contributed by atoms with Crippen molar-refractivity contribution >= 4 is 55.7 Å². The Labute approximate surface area is 281 Å². The molecule has 1 aliphatic carbocycles. The molecule has 2 aliphatic rings. The molecule has 8 rings (SSSR count). The van der Waals surface area contributed by atoms with Crippen molar-refractivity contribution in [3.8, 4) is 0 Å². The zero-order valence-electron chi connectivity index (χ0n) is 27.2. The second kappa shape index (κ2) is 12.6. The van der Waals surface area contributed by atoms with Crippen LogP contribution in [0.25, 0.3) is 32.4 Å². The second-order valence-electron chi connectivity index (χ2n) is 13.6. The van der Waals surface area contributed by atoms with E-state index in [1.807, 2.05) is 12.1 Å². The third kappa shape index (κ3) is 5.95. The average molecular weight is 642 g/mol. The third-order valence-electron chi connectivity index (χ3n) is 10.1. The highest BCUT2D eigenvalue weighted by molar-refractivity contribution is 6.22. The zero-order valence-corrected chi connectivity index (χ0v) is 27.9. The van der Waals surface area contributed by atoms with Crippen LogP contribution in [0.1, 0.15) is 52.2 Å². The van der Waals surface area contributed by atoms with E-state index in [0.29, 0.717) is 5.52 Å². The summed E-state index contributed by atoms with van der Waals surface area (Å²) in [5.74, 6) is -0.670. The number of nitrogens with zero attached hydrogens (tertiary/aromatic N) is 3. The molecule has 0 spiro atoms. The minimum Gasteiger partial charge on any atom is -0.478 e. The smallest absolute Gasteiger partial charge is 0.337 e. The maximum atomic E-state index is 10.8. The van der Waals surface area contributed by atoms with Gasteiger partial charge in [0.25, 0.3) is 0 Å². The van der Waals surface area contributed by atoms with Gasteiger partial charge < -0.3 is 14.9 Å². The van der Waals surface area contributed by atoms with Crippen molar-refractivity contribution in [2.75, 3.05) is 38.1 Å². The topological polar surface area (TPSA) is 56.7 Å². The average Bonchev–Trinajstić information content (AvgIpc) is 3.08. The molecule has 1 aliphatic heterocycles. The number of hydrogen-bond donors (Lipinski definition) is 1. The molecule has 47 heavy (non-hydrogen) atoms. The van der Waals surface area contributed by atoms with E-state index in [2.05, 4.69) is 108 Å². The lowest BCUT2D eigenvalue weighted by molar-refractivity contribution is 0.0699. The monoisotopic (exact) mass is 641 g/mol. The van der Waals surface area contributed by atoms with E-state index in [1.54, 1.807) is 24.4 Å². The van der Waals surface area contributed by atoms with E-state index < -0.39 is 5.97 Å². The summed E-state index contributed by atoms with van der Waals surface area (Å²) in [4.78, 5) is 19.7. The lowest BCUT2D eigenvalue weighted by atomic mass is 9.63. The fraction of sp³-hybridized carbons (Fsp3) is 0.268. The van der Waals surface area contributed by atoms with Crippen molar-refractivity contribution in [1.29, 1.82) is 0 Å². The minimum absolute atomic E-state index is 0.0441. The molecule has 2 atom stereocenters. The van der Waals surface area contributed by atoms with Crippen molar-refractivity contribution in [3.05, 3.63) is 132 Å². The Kier molecular flexibility index (Phi) is 8.37. The van der Waals surface area contributed by atoms with Crippen LogP contribution in [0, 0.1) is 5.41 Å². The number of benzene rings is 5. The molecule has 1 saturated heterocycles. The highest BCUT2D eigenvalue weighted by Crippen LogP contribution is 2.55. The number of fused-ring (bicyclic) bond motifs is 6. The first-order chi connectivity index (χ1) is 22.7. The SMILES string of the molecule is CN1CCN(c2cccc(C3C(Cl)c4ccc5c(ccc6ccccc65)c4CC3(C)C)c2)CC1.O=C(O)c1cccc2cccnc12. The van der Waals surface area contributed by atoms with Crippen LogP contribution in [-0.4, -0.2) is 54.2 Å². The highest BCUT2D eigenvalue weighted by Gasteiger charge is 2.42. The van der Waals surface area contributed by atoms with E-state index >= 15 is 0 Å². The lowest BCUT2D eigenvalue weighted by Gasteiger charge is -2.44. The fourth-order valence-corrected chi connectivity index (χ4v) is 8.33. The Balaban J connectivity index is 0.000000226. The molecule has 0 amide bonds. The summed E-state index contributed by atoms with van der Waals surface area (Å²) in [5, 5.41) is 15.0. The number of likely N-dealkylation sites (N-methyl/N-ethyl adjacent to an activating group) is 1. The molecule has 6 aromatic rings. The molecule has 5 aromatic carbocycles. The van der Waals surface area contributed by atoms with Crippen molar-refractivity contribution in [2.45, 2.75) is 31.6 Å². The fourth-order valence-electron chi connectivity index (χ4n) is 7.64. The molecule has 2 heterocycles. The summed E-state index contributed by atoms with van der Waals surface area (Å²) in [6, 6.07) is 35.8. The number of carbonyl (C=O) groups is 1. The predicted molar refractivity (Wildman–Crippen MR) is 195 cm³/mol. The van der Waals surface area contributed by atoms with E-state index in [0.717, 1.165) is 38.0 Å².